The van der Waals surface area contributed by atoms with Gasteiger partial charge in [0.15, 0.2) is 4.32 Å². The smallest absolute Gasteiger partial charge is 0.273 e. The Kier molecular flexibility index (Phi) is 6.96. The third-order valence-corrected chi connectivity index (χ3v) is 9.59. The van der Waals surface area contributed by atoms with Gasteiger partial charge in [-0.3, -0.25) is 19.1 Å². The Morgan fingerprint density at radius 2 is 1.77 bits per heavy atom. The number of anilines is 2. The van der Waals surface area contributed by atoms with Crippen LogP contribution >= 0.6 is 58.7 Å². The number of aromatic nitrogens is 1. The molecule has 5 rings (SSSR count). The zero-order valence-corrected chi connectivity index (χ0v) is 22.9. The molecule has 2 aliphatic rings. The molecule has 1 fully saturated rings. The van der Waals surface area contributed by atoms with Crippen LogP contribution in [0.3, 0.4) is 0 Å². The van der Waals surface area contributed by atoms with Crippen LogP contribution in [-0.4, -0.2) is 21.3 Å². The average Bonchev–Trinajstić information content (AvgIpc) is 3.47. The Hall–Kier alpha value is -2.30. The molecule has 2 aromatic carbocycles. The Bertz CT molecular complexity index is 1560. The topological polar surface area (TPSA) is 45.5 Å². The molecule has 3 aromatic rings. The highest BCUT2D eigenvalue weighted by molar-refractivity contribution is 8.31. The van der Waals surface area contributed by atoms with Crippen molar-refractivity contribution in [3.8, 4) is 0 Å². The van der Waals surface area contributed by atoms with Crippen molar-refractivity contribution >= 4 is 91.3 Å². The fraction of sp³-hybridized carbons (Fsp3) is 0.160. The van der Waals surface area contributed by atoms with E-state index >= 15 is 0 Å². The van der Waals surface area contributed by atoms with Gasteiger partial charge in [0.25, 0.3) is 11.5 Å². The highest BCUT2D eigenvalue weighted by Gasteiger charge is 2.35. The van der Waals surface area contributed by atoms with Crippen molar-refractivity contribution in [2.45, 2.75) is 25.3 Å². The van der Waals surface area contributed by atoms with Gasteiger partial charge >= 0.3 is 0 Å². The van der Waals surface area contributed by atoms with E-state index in [9.17, 15) is 9.59 Å². The summed E-state index contributed by atoms with van der Waals surface area (Å²) in [4.78, 5) is 31.9. The van der Waals surface area contributed by atoms with Gasteiger partial charge in [-0.05, 0) is 56.3 Å². The molecule has 0 aliphatic carbocycles. The molecule has 10 heteroatoms. The fourth-order valence-corrected chi connectivity index (χ4v) is 7.79. The lowest BCUT2D eigenvalue weighted by Crippen LogP contribution is -2.33. The molecular formula is C25H20ClN3O2S4. The number of carbonyl (C=O) groups excluding carboxylic acids is 1. The summed E-state index contributed by atoms with van der Waals surface area (Å²) in [5, 5.41) is 1.72. The van der Waals surface area contributed by atoms with Crippen LogP contribution in [0.2, 0.25) is 5.02 Å². The van der Waals surface area contributed by atoms with Crippen LogP contribution in [-0.2, 0) is 11.3 Å². The first-order valence-corrected chi connectivity index (χ1v) is 14.2. The zero-order chi connectivity index (χ0) is 24.7. The predicted octanol–water partition coefficient (Wildman–Crippen LogP) is 5.01. The van der Waals surface area contributed by atoms with Gasteiger partial charge in [-0.25, -0.2) is 0 Å². The number of rotatable bonds is 4. The van der Waals surface area contributed by atoms with E-state index in [4.69, 9.17) is 23.8 Å². The molecule has 0 atom stereocenters. The van der Waals surface area contributed by atoms with E-state index in [-0.39, 0.29) is 11.5 Å². The first-order chi connectivity index (χ1) is 16.9. The number of para-hydroxylation sites is 1. The molecule has 0 unspecified atom stereocenters. The average molecular weight is 558 g/mol. The van der Waals surface area contributed by atoms with Crippen molar-refractivity contribution in [2.24, 2.45) is 0 Å². The molecule has 5 nitrogen and oxygen atoms in total. The van der Waals surface area contributed by atoms with Crippen LogP contribution in [0.4, 0.5) is 11.4 Å². The second-order valence-electron chi connectivity index (χ2n) is 7.62. The van der Waals surface area contributed by atoms with E-state index < -0.39 is 0 Å². The lowest BCUT2D eigenvalue weighted by Gasteiger charge is -2.17. The fourth-order valence-electron chi connectivity index (χ4n) is 3.96. The zero-order valence-electron chi connectivity index (χ0n) is 18.9. The summed E-state index contributed by atoms with van der Waals surface area (Å²) in [7, 11) is 0. The third-order valence-electron chi connectivity index (χ3n) is 5.59. The highest BCUT2D eigenvalue weighted by Crippen LogP contribution is 2.46. The predicted molar refractivity (Wildman–Crippen MR) is 154 cm³/mol. The molecule has 0 N–H and O–H groups in total. The summed E-state index contributed by atoms with van der Waals surface area (Å²) in [6.07, 6.45) is 3.81. The van der Waals surface area contributed by atoms with Crippen LogP contribution < -0.4 is 24.6 Å². The van der Waals surface area contributed by atoms with Crippen molar-refractivity contribution < 1.29 is 4.79 Å². The third kappa shape index (κ3) is 4.40. The first-order valence-electron chi connectivity index (χ1n) is 10.9. The van der Waals surface area contributed by atoms with Gasteiger partial charge < -0.3 is 4.90 Å². The number of thioether (sulfide) groups is 2. The number of amides is 1. The summed E-state index contributed by atoms with van der Waals surface area (Å²) >= 11 is 15.9. The summed E-state index contributed by atoms with van der Waals surface area (Å²) in [6, 6.07) is 15.2. The molecule has 0 spiro atoms. The molecule has 0 bridgehead atoms. The second-order valence-corrected chi connectivity index (χ2v) is 11.8. The number of halogens is 1. The normalized spacial score (nSPS) is 18.8. The van der Waals surface area contributed by atoms with Crippen molar-refractivity contribution in [3.63, 3.8) is 0 Å². The molecule has 1 amide bonds. The maximum Gasteiger partial charge on any atom is 0.273 e. The highest BCUT2D eigenvalue weighted by atomic mass is 35.5. The molecule has 0 saturated carbocycles. The minimum Gasteiger partial charge on any atom is -0.335 e. The van der Waals surface area contributed by atoms with Gasteiger partial charge in [0.2, 0.25) is 0 Å². The van der Waals surface area contributed by atoms with E-state index in [0.717, 1.165) is 27.8 Å². The molecule has 3 heterocycles. The number of benzene rings is 2. The van der Waals surface area contributed by atoms with Crippen molar-refractivity contribution in [2.75, 3.05) is 16.3 Å². The van der Waals surface area contributed by atoms with Crippen LogP contribution in [0, 0.1) is 0 Å². The Morgan fingerprint density at radius 3 is 2.49 bits per heavy atom. The minimum atomic E-state index is -0.199. The summed E-state index contributed by atoms with van der Waals surface area (Å²) < 4.78 is 3.33. The monoisotopic (exact) mass is 557 g/mol. The van der Waals surface area contributed by atoms with E-state index in [2.05, 4.69) is 11.8 Å². The largest absolute Gasteiger partial charge is 0.335 e. The van der Waals surface area contributed by atoms with E-state index in [1.807, 2.05) is 67.6 Å². The number of nitrogens with zero attached hydrogens (tertiary/aromatic N) is 3. The van der Waals surface area contributed by atoms with Gasteiger partial charge in [0, 0.05) is 23.0 Å². The SMILES string of the molecule is CCN1C(=CC=c2sc(=C3SC(=S)N(c4ccccc4)C3=O)n(CC)c2=O)Sc2ccc(Cl)cc21. The number of hydrogen-bond donors (Lipinski definition) is 0. The van der Waals surface area contributed by atoms with Crippen LogP contribution in [0.1, 0.15) is 13.8 Å². The van der Waals surface area contributed by atoms with Crippen molar-refractivity contribution in [3.05, 3.63) is 84.2 Å². The van der Waals surface area contributed by atoms with Crippen molar-refractivity contribution in [1.29, 1.82) is 0 Å². The molecule has 1 saturated heterocycles. The van der Waals surface area contributed by atoms with E-state index in [1.165, 1.54) is 28.0 Å². The molecule has 35 heavy (non-hydrogen) atoms. The standard InChI is InChI=1S/C25H20ClN3O2S4/c1-3-27-17-14-15(26)10-11-18(17)33-20(27)13-12-19-22(30)28(4-2)24(34-19)21-23(31)29(25(32)35-21)16-8-6-5-7-9-16/h5-14H,3-4H2,1-2H3. The number of carbonyl (C=O) groups is 1. The molecular weight excluding hydrogens is 538 g/mol. The maximum atomic E-state index is 13.3. The second kappa shape index (κ2) is 9.99. The van der Waals surface area contributed by atoms with Crippen LogP contribution in [0.25, 0.3) is 11.0 Å². The van der Waals surface area contributed by atoms with Crippen molar-refractivity contribution in [1.82, 2.24) is 4.57 Å². The van der Waals surface area contributed by atoms with Gasteiger partial charge in [0.1, 0.15) is 9.57 Å². The molecule has 178 valence electrons. The Labute approximate surface area is 225 Å². The number of allylic oxidation sites excluding steroid dienone is 1. The maximum absolute atomic E-state index is 13.3. The number of hydrogen-bond acceptors (Lipinski definition) is 7. The first kappa shape index (κ1) is 24.4. The number of thiazole rings is 1. The Balaban J connectivity index is 1.58. The number of thiocarbonyl (C=S) groups is 1. The minimum absolute atomic E-state index is 0.110. The summed E-state index contributed by atoms with van der Waals surface area (Å²) in [5.41, 5.74) is 1.68. The Morgan fingerprint density at radius 1 is 1.00 bits per heavy atom. The van der Waals surface area contributed by atoms with Gasteiger partial charge in [-0.2, -0.15) is 0 Å². The summed E-state index contributed by atoms with van der Waals surface area (Å²) in [5.74, 6) is -0.199. The number of fused-ring (bicyclic) bond motifs is 1. The quantitative estimate of drug-likeness (QED) is 0.420. The van der Waals surface area contributed by atoms with Crippen LogP contribution in [0.15, 0.2) is 69.3 Å². The molecule has 2 aliphatic heterocycles. The van der Waals surface area contributed by atoms with Gasteiger partial charge in [-0.15, -0.1) is 11.3 Å². The lowest BCUT2D eigenvalue weighted by molar-refractivity contribution is -0.112. The van der Waals surface area contributed by atoms with Gasteiger partial charge in [-0.1, -0.05) is 65.5 Å². The summed E-state index contributed by atoms with van der Waals surface area (Å²) in [6.45, 7) is 5.23. The van der Waals surface area contributed by atoms with E-state index in [1.54, 1.807) is 16.3 Å². The van der Waals surface area contributed by atoms with Gasteiger partial charge in [0.05, 0.1) is 20.9 Å². The van der Waals surface area contributed by atoms with E-state index in [0.29, 0.717) is 30.0 Å². The van der Waals surface area contributed by atoms with Crippen LogP contribution in [0.5, 0.6) is 0 Å². The molecule has 0 radical (unpaired) electrons. The lowest BCUT2D eigenvalue weighted by atomic mass is 10.3. The molecule has 1 aromatic heterocycles.